The Morgan fingerprint density at radius 1 is 1.20 bits per heavy atom. The summed E-state index contributed by atoms with van der Waals surface area (Å²) in [5.41, 5.74) is 3.94. The molecular formula is C19H21N5O. The fourth-order valence-corrected chi connectivity index (χ4v) is 3.62. The van der Waals surface area contributed by atoms with E-state index in [0.29, 0.717) is 11.6 Å². The number of carbonyl (C=O) groups excluding carboxylic acids is 1. The van der Waals surface area contributed by atoms with Gasteiger partial charge >= 0.3 is 0 Å². The lowest BCUT2D eigenvalue weighted by Gasteiger charge is -2.28. The highest BCUT2D eigenvalue weighted by atomic mass is 16.1. The Hall–Kier alpha value is -2.73. The number of nitrogens with zero attached hydrogens (tertiary/aromatic N) is 4. The van der Waals surface area contributed by atoms with Gasteiger partial charge in [-0.2, -0.15) is 0 Å². The Morgan fingerprint density at radius 3 is 2.68 bits per heavy atom. The lowest BCUT2D eigenvalue weighted by molar-refractivity contribution is -0.106. The number of H-pyrrole nitrogens is 1. The van der Waals surface area contributed by atoms with Gasteiger partial charge in [0.05, 0.1) is 18.1 Å². The zero-order valence-electron chi connectivity index (χ0n) is 14.2. The van der Waals surface area contributed by atoms with Crippen molar-refractivity contribution in [1.29, 1.82) is 0 Å². The number of amides is 1. The number of piperidine rings is 1. The predicted molar refractivity (Wildman–Crippen MR) is 98.0 cm³/mol. The maximum atomic E-state index is 11.7. The van der Waals surface area contributed by atoms with Crippen LogP contribution < -0.4 is 4.90 Å². The summed E-state index contributed by atoms with van der Waals surface area (Å²) in [5, 5.41) is 1.19. The van der Waals surface area contributed by atoms with Gasteiger partial charge < -0.3 is 9.88 Å². The van der Waals surface area contributed by atoms with Crippen LogP contribution in [0.15, 0.2) is 43.1 Å². The summed E-state index contributed by atoms with van der Waals surface area (Å²) in [7, 11) is 2.17. The topological polar surface area (TPSA) is 65.1 Å². The summed E-state index contributed by atoms with van der Waals surface area (Å²) in [5.74, 6) is 0.560. The van der Waals surface area contributed by atoms with Crippen molar-refractivity contribution in [3.05, 3.63) is 48.7 Å². The maximum absolute atomic E-state index is 11.7. The second-order valence-corrected chi connectivity index (χ2v) is 6.62. The maximum Gasteiger partial charge on any atom is 0.218 e. The van der Waals surface area contributed by atoms with Gasteiger partial charge in [-0.25, -0.2) is 9.97 Å². The number of carbonyl (C=O) groups is 1. The van der Waals surface area contributed by atoms with Crippen LogP contribution in [0.5, 0.6) is 0 Å². The van der Waals surface area contributed by atoms with E-state index in [9.17, 15) is 4.79 Å². The van der Waals surface area contributed by atoms with E-state index in [1.54, 1.807) is 17.3 Å². The molecule has 0 radical (unpaired) electrons. The van der Waals surface area contributed by atoms with Gasteiger partial charge in [0, 0.05) is 22.8 Å². The lowest BCUT2D eigenvalue weighted by Crippen LogP contribution is -2.29. The minimum atomic E-state index is 0.560. The molecule has 1 N–H and O–H groups in total. The highest BCUT2D eigenvalue weighted by Gasteiger charge is 2.21. The van der Waals surface area contributed by atoms with Gasteiger partial charge in [-0.15, -0.1) is 0 Å². The normalized spacial score (nSPS) is 16.2. The van der Waals surface area contributed by atoms with E-state index in [4.69, 9.17) is 0 Å². The van der Waals surface area contributed by atoms with E-state index in [1.807, 2.05) is 12.1 Å². The molecule has 1 saturated heterocycles. The third kappa shape index (κ3) is 3.00. The van der Waals surface area contributed by atoms with Gasteiger partial charge in [0.1, 0.15) is 6.33 Å². The van der Waals surface area contributed by atoms with E-state index >= 15 is 0 Å². The number of aromatic nitrogens is 3. The molecule has 6 heteroatoms. The zero-order chi connectivity index (χ0) is 17.2. The molecule has 25 heavy (non-hydrogen) atoms. The van der Waals surface area contributed by atoms with Crippen molar-refractivity contribution < 1.29 is 4.79 Å². The molecule has 2 aromatic heterocycles. The molecular weight excluding hydrogens is 314 g/mol. The predicted octanol–water partition coefficient (Wildman–Crippen LogP) is 3.06. The number of benzene rings is 1. The number of aromatic amines is 1. The highest BCUT2D eigenvalue weighted by molar-refractivity contribution is 5.93. The largest absolute Gasteiger partial charge is 0.361 e. The number of anilines is 2. The molecule has 3 aromatic rings. The fraction of sp³-hybridized carbons (Fsp3) is 0.316. The molecule has 1 aliphatic rings. The standard InChI is InChI=1S/C19H21N5O/c1-23-6-4-14(5-7-23)18-11-22-19-3-2-15(8-17(18)19)24(13-25)16-9-20-12-21-10-16/h2-3,8-14,22H,4-7H2,1H3. The third-order valence-corrected chi connectivity index (χ3v) is 5.06. The first kappa shape index (κ1) is 15.8. The van der Waals surface area contributed by atoms with Gasteiger partial charge in [-0.05, 0) is 62.7 Å². The molecule has 128 valence electrons. The van der Waals surface area contributed by atoms with E-state index in [0.717, 1.165) is 43.5 Å². The average Bonchev–Trinajstić information content (AvgIpc) is 3.07. The molecule has 1 fully saturated rings. The van der Waals surface area contributed by atoms with E-state index in [2.05, 4.69) is 39.2 Å². The number of hydrogen-bond donors (Lipinski definition) is 1. The summed E-state index contributed by atoms with van der Waals surface area (Å²) in [6.45, 7) is 2.25. The monoisotopic (exact) mass is 335 g/mol. The van der Waals surface area contributed by atoms with Crippen LogP contribution in [-0.4, -0.2) is 46.4 Å². The summed E-state index contributed by atoms with van der Waals surface area (Å²) < 4.78 is 0. The molecule has 4 rings (SSSR count). The summed E-state index contributed by atoms with van der Waals surface area (Å²) in [6, 6.07) is 6.06. The molecule has 0 atom stereocenters. The first-order chi connectivity index (χ1) is 12.3. The zero-order valence-corrected chi connectivity index (χ0v) is 14.2. The SMILES string of the molecule is CN1CCC(c2c[nH]c3ccc(N(C=O)c4cncnc4)cc23)CC1. The second-order valence-electron chi connectivity index (χ2n) is 6.62. The number of fused-ring (bicyclic) bond motifs is 1. The van der Waals surface area contributed by atoms with Crippen LogP contribution in [0.3, 0.4) is 0 Å². The minimum Gasteiger partial charge on any atom is -0.361 e. The number of hydrogen-bond acceptors (Lipinski definition) is 4. The number of nitrogens with one attached hydrogen (secondary N) is 1. The van der Waals surface area contributed by atoms with Crippen LogP contribution in [0, 0.1) is 0 Å². The lowest BCUT2D eigenvalue weighted by atomic mass is 9.89. The van der Waals surface area contributed by atoms with Crippen LogP contribution in [0.4, 0.5) is 11.4 Å². The van der Waals surface area contributed by atoms with Crippen LogP contribution >= 0.6 is 0 Å². The first-order valence-electron chi connectivity index (χ1n) is 8.55. The Bertz CT molecular complexity index is 868. The summed E-state index contributed by atoms with van der Waals surface area (Å²) >= 11 is 0. The van der Waals surface area contributed by atoms with Crippen molar-refractivity contribution in [2.24, 2.45) is 0 Å². The van der Waals surface area contributed by atoms with Crippen LogP contribution in [0.25, 0.3) is 10.9 Å². The van der Waals surface area contributed by atoms with Crippen LogP contribution in [0.2, 0.25) is 0 Å². The molecule has 0 bridgehead atoms. The molecule has 6 nitrogen and oxygen atoms in total. The van der Waals surface area contributed by atoms with Gasteiger partial charge in [0.2, 0.25) is 6.41 Å². The number of rotatable bonds is 4. The summed E-state index contributed by atoms with van der Waals surface area (Å²) in [4.78, 5) is 27.0. The molecule has 0 spiro atoms. The van der Waals surface area contributed by atoms with Crippen LogP contribution in [-0.2, 0) is 4.79 Å². The molecule has 0 aliphatic carbocycles. The van der Waals surface area contributed by atoms with Crippen molar-refractivity contribution in [2.45, 2.75) is 18.8 Å². The van der Waals surface area contributed by atoms with E-state index in [-0.39, 0.29) is 0 Å². The number of likely N-dealkylation sites (tertiary alicyclic amines) is 1. The van der Waals surface area contributed by atoms with Gasteiger partial charge in [0.15, 0.2) is 0 Å². The van der Waals surface area contributed by atoms with Crippen LogP contribution in [0.1, 0.15) is 24.3 Å². The van der Waals surface area contributed by atoms with Crippen molar-refractivity contribution in [2.75, 3.05) is 25.0 Å². The average molecular weight is 335 g/mol. The van der Waals surface area contributed by atoms with E-state index in [1.165, 1.54) is 17.3 Å². The molecule has 0 unspecified atom stereocenters. The van der Waals surface area contributed by atoms with Crippen molar-refractivity contribution in [3.63, 3.8) is 0 Å². The summed E-state index contributed by atoms with van der Waals surface area (Å²) in [6.07, 6.45) is 10.00. The highest BCUT2D eigenvalue weighted by Crippen LogP contribution is 2.35. The third-order valence-electron chi connectivity index (χ3n) is 5.06. The van der Waals surface area contributed by atoms with E-state index < -0.39 is 0 Å². The first-order valence-corrected chi connectivity index (χ1v) is 8.55. The molecule has 1 aliphatic heterocycles. The molecule has 3 heterocycles. The van der Waals surface area contributed by atoms with Crippen molar-refractivity contribution >= 4 is 28.7 Å². The minimum absolute atomic E-state index is 0.560. The molecule has 1 aromatic carbocycles. The Labute approximate surface area is 146 Å². The molecule has 1 amide bonds. The Balaban J connectivity index is 1.72. The smallest absolute Gasteiger partial charge is 0.218 e. The quantitative estimate of drug-likeness (QED) is 0.744. The van der Waals surface area contributed by atoms with Gasteiger partial charge in [0.25, 0.3) is 0 Å². The van der Waals surface area contributed by atoms with Gasteiger partial charge in [-0.3, -0.25) is 9.69 Å². The van der Waals surface area contributed by atoms with Crippen molar-refractivity contribution in [1.82, 2.24) is 19.9 Å². The fourth-order valence-electron chi connectivity index (χ4n) is 3.62. The second kappa shape index (κ2) is 6.64. The molecule has 0 saturated carbocycles. The Kier molecular flexibility index (Phi) is 4.19. The Morgan fingerprint density at radius 2 is 1.96 bits per heavy atom. The van der Waals surface area contributed by atoms with Gasteiger partial charge in [-0.1, -0.05) is 0 Å². The van der Waals surface area contributed by atoms with Crippen molar-refractivity contribution in [3.8, 4) is 0 Å².